The summed E-state index contributed by atoms with van der Waals surface area (Å²) < 4.78 is 0. The third-order valence-corrected chi connectivity index (χ3v) is 3.63. The van der Waals surface area contributed by atoms with E-state index in [-0.39, 0.29) is 18.2 Å². The summed E-state index contributed by atoms with van der Waals surface area (Å²) in [6, 6.07) is 14.7. The molecule has 0 saturated heterocycles. The fourth-order valence-corrected chi connectivity index (χ4v) is 2.21. The molecule has 0 bridgehead atoms. The highest BCUT2D eigenvalue weighted by Crippen LogP contribution is 2.17. The predicted molar refractivity (Wildman–Crippen MR) is 97.9 cm³/mol. The minimum Gasteiger partial charge on any atom is -0.378 e. The van der Waals surface area contributed by atoms with E-state index in [9.17, 15) is 9.59 Å². The second-order valence-electron chi connectivity index (χ2n) is 5.86. The lowest BCUT2D eigenvalue weighted by Crippen LogP contribution is -2.30. The van der Waals surface area contributed by atoms with Gasteiger partial charge in [-0.05, 0) is 25.1 Å². The molecule has 0 atom stereocenters. The van der Waals surface area contributed by atoms with Crippen LogP contribution < -0.4 is 15.5 Å². The molecule has 0 heterocycles. The Morgan fingerprint density at radius 2 is 1.75 bits per heavy atom. The number of carbonyl (C=O) groups is 2. The number of nitrogens with one attached hydrogen (secondary N) is 2. The first kappa shape index (κ1) is 17.5. The van der Waals surface area contributed by atoms with Crippen molar-refractivity contribution in [1.82, 2.24) is 5.32 Å². The van der Waals surface area contributed by atoms with Gasteiger partial charge in [0.2, 0.25) is 0 Å². The van der Waals surface area contributed by atoms with Gasteiger partial charge in [0, 0.05) is 44.0 Å². The summed E-state index contributed by atoms with van der Waals surface area (Å²) in [5, 5.41) is 5.48. The Morgan fingerprint density at radius 3 is 2.42 bits per heavy atom. The van der Waals surface area contributed by atoms with Gasteiger partial charge < -0.3 is 15.5 Å². The molecule has 0 aliphatic carbocycles. The van der Waals surface area contributed by atoms with Gasteiger partial charge >= 0.3 is 6.03 Å². The van der Waals surface area contributed by atoms with Crippen LogP contribution in [-0.4, -0.2) is 32.5 Å². The van der Waals surface area contributed by atoms with Crippen molar-refractivity contribution in [2.75, 3.05) is 30.9 Å². The molecule has 2 rings (SSSR count). The first-order valence-electron chi connectivity index (χ1n) is 7.88. The van der Waals surface area contributed by atoms with Gasteiger partial charge in [-0.3, -0.25) is 4.79 Å². The Morgan fingerprint density at radius 1 is 1.04 bits per heavy atom. The third-order valence-electron chi connectivity index (χ3n) is 3.63. The zero-order valence-electron chi connectivity index (χ0n) is 14.3. The maximum atomic E-state index is 12.0. The molecule has 24 heavy (non-hydrogen) atoms. The lowest BCUT2D eigenvalue weighted by atomic mass is 10.1. The van der Waals surface area contributed by atoms with Gasteiger partial charge in [-0.15, -0.1) is 0 Å². The Balaban J connectivity index is 1.80. The van der Waals surface area contributed by atoms with Crippen LogP contribution in [0, 0.1) is 6.92 Å². The van der Waals surface area contributed by atoms with Gasteiger partial charge in [0.1, 0.15) is 0 Å². The predicted octanol–water partition coefficient (Wildman–Crippen LogP) is 3.46. The minimum absolute atomic E-state index is 0.0184. The Labute approximate surface area is 142 Å². The molecule has 0 unspecified atom stereocenters. The highest BCUT2D eigenvalue weighted by molar-refractivity contribution is 5.96. The molecule has 0 saturated carbocycles. The second kappa shape index (κ2) is 8.15. The number of aryl methyl sites for hydroxylation is 1. The molecule has 0 radical (unpaired) electrons. The zero-order chi connectivity index (χ0) is 17.5. The van der Waals surface area contributed by atoms with Gasteiger partial charge in [-0.2, -0.15) is 0 Å². The Hall–Kier alpha value is -2.82. The van der Waals surface area contributed by atoms with Gasteiger partial charge in [0.15, 0.2) is 5.78 Å². The highest BCUT2D eigenvalue weighted by Gasteiger charge is 2.07. The van der Waals surface area contributed by atoms with Crippen molar-refractivity contribution in [3.63, 3.8) is 0 Å². The van der Waals surface area contributed by atoms with E-state index in [0.29, 0.717) is 17.8 Å². The average molecular weight is 325 g/mol. The van der Waals surface area contributed by atoms with Crippen LogP contribution in [0.15, 0.2) is 48.5 Å². The number of nitrogens with zero attached hydrogens (tertiary/aromatic N) is 1. The van der Waals surface area contributed by atoms with Crippen LogP contribution in [0.25, 0.3) is 0 Å². The lowest BCUT2D eigenvalue weighted by Gasteiger charge is -2.14. The standard InChI is InChI=1S/C19H23N3O2/c1-14-7-9-15(10-8-14)18(23)11-12-20-19(24)21-16-5-4-6-17(13-16)22(2)3/h4-10,13H,11-12H2,1-3H3,(H2,20,21,24). The first-order valence-corrected chi connectivity index (χ1v) is 7.88. The van der Waals surface area contributed by atoms with E-state index in [1.165, 1.54) is 0 Å². The van der Waals surface area contributed by atoms with E-state index >= 15 is 0 Å². The SMILES string of the molecule is Cc1ccc(C(=O)CCNC(=O)Nc2cccc(N(C)C)c2)cc1. The van der Waals surface area contributed by atoms with E-state index < -0.39 is 0 Å². The number of carbonyl (C=O) groups excluding carboxylic acids is 2. The molecular formula is C19H23N3O2. The molecule has 2 N–H and O–H groups in total. The van der Waals surface area contributed by atoms with Crippen LogP contribution in [0.5, 0.6) is 0 Å². The maximum Gasteiger partial charge on any atom is 0.319 e. The number of urea groups is 1. The molecule has 5 nitrogen and oxygen atoms in total. The van der Waals surface area contributed by atoms with Crippen molar-refractivity contribution in [2.45, 2.75) is 13.3 Å². The number of hydrogen-bond acceptors (Lipinski definition) is 3. The summed E-state index contributed by atoms with van der Waals surface area (Å²) in [4.78, 5) is 25.9. The van der Waals surface area contributed by atoms with E-state index in [1.807, 2.05) is 74.4 Å². The van der Waals surface area contributed by atoms with E-state index in [0.717, 1.165) is 11.3 Å². The highest BCUT2D eigenvalue weighted by atomic mass is 16.2. The molecule has 0 aromatic heterocycles. The molecule has 126 valence electrons. The Bertz CT molecular complexity index is 709. The maximum absolute atomic E-state index is 12.0. The number of anilines is 2. The van der Waals surface area contributed by atoms with E-state index in [4.69, 9.17) is 0 Å². The number of Topliss-reactive ketones (excluding diaryl/α,β-unsaturated/α-hetero) is 1. The molecule has 2 aromatic rings. The van der Waals surface area contributed by atoms with Gasteiger partial charge in [-0.25, -0.2) is 4.79 Å². The molecule has 2 aromatic carbocycles. The molecule has 0 aliphatic heterocycles. The van der Waals surface area contributed by atoms with Crippen molar-refractivity contribution in [3.05, 3.63) is 59.7 Å². The Kier molecular flexibility index (Phi) is 5.95. The van der Waals surface area contributed by atoms with E-state index in [1.54, 1.807) is 0 Å². The summed E-state index contributed by atoms with van der Waals surface area (Å²) in [5.41, 5.74) is 3.50. The van der Waals surface area contributed by atoms with Crippen molar-refractivity contribution in [3.8, 4) is 0 Å². The number of hydrogen-bond donors (Lipinski definition) is 2. The quantitative estimate of drug-likeness (QED) is 0.800. The zero-order valence-corrected chi connectivity index (χ0v) is 14.3. The van der Waals surface area contributed by atoms with Crippen molar-refractivity contribution >= 4 is 23.2 Å². The number of benzene rings is 2. The van der Waals surface area contributed by atoms with Crippen LogP contribution in [0.1, 0.15) is 22.3 Å². The van der Waals surface area contributed by atoms with Crippen LogP contribution >= 0.6 is 0 Å². The molecule has 0 aliphatic rings. The number of rotatable bonds is 6. The van der Waals surface area contributed by atoms with Crippen LogP contribution in [0.4, 0.5) is 16.2 Å². The van der Waals surface area contributed by atoms with Gasteiger partial charge in [0.05, 0.1) is 0 Å². The smallest absolute Gasteiger partial charge is 0.319 e. The monoisotopic (exact) mass is 325 g/mol. The fourth-order valence-electron chi connectivity index (χ4n) is 2.21. The number of amides is 2. The molecule has 0 spiro atoms. The summed E-state index contributed by atoms with van der Waals surface area (Å²) in [7, 11) is 3.88. The lowest BCUT2D eigenvalue weighted by molar-refractivity contribution is 0.0984. The third kappa shape index (κ3) is 5.12. The van der Waals surface area contributed by atoms with Crippen molar-refractivity contribution < 1.29 is 9.59 Å². The summed E-state index contributed by atoms with van der Waals surface area (Å²) in [6.07, 6.45) is 0.272. The van der Waals surface area contributed by atoms with Crippen LogP contribution in [0.3, 0.4) is 0 Å². The topological polar surface area (TPSA) is 61.4 Å². The molecule has 5 heteroatoms. The van der Waals surface area contributed by atoms with Crippen LogP contribution in [0.2, 0.25) is 0 Å². The second-order valence-corrected chi connectivity index (χ2v) is 5.86. The molecular weight excluding hydrogens is 302 g/mol. The minimum atomic E-state index is -0.317. The average Bonchev–Trinajstić information content (AvgIpc) is 2.55. The number of ketones is 1. The van der Waals surface area contributed by atoms with E-state index in [2.05, 4.69) is 10.6 Å². The van der Waals surface area contributed by atoms with Gasteiger partial charge in [0.25, 0.3) is 0 Å². The molecule has 2 amide bonds. The summed E-state index contributed by atoms with van der Waals surface area (Å²) >= 11 is 0. The van der Waals surface area contributed by atoms with Crippen molar-refractivity contribution in [1.29, 1.82) is 0 Å². The van der Waals surface area contributed by atoms with Crippen molar-refractivity contribution in [2.24, 2.45) is 0 Å². The van der Waals surface area contributed by atoms with Crippen LogP contribution in [-0.2, 0) is 0 Å². The summed E-state index contributed by atoms with van der Waals surface area (Å²) in [6.45, 7) is 2.28. The fraction of sp³-hybridized carbons (Fsp3) is 0.263. The summed E-state index contributed by atoms with van der Waals surface area (Å²) in [5.74, 6) is 0.0184. The largest absolute Gasteiger partial charge is 0.378 e. The van der Waals surface area contributed by atoms with Gasteiger partial charge in [-0.1, -0.05) is 35.9 Å². The first-order chi connectivity index (χ1) is 11.5. The normalized spacial score (nSPS) is 10.1. The molecule has 0 fully saturated rings.